The molecule has 1 rings (SSSR count). The van der Waals surface area contributed by atoms with Crippen molar-refractivity contribution in [2.24, 2.45) is 5.92 Å². The summed E-state index contributed by atoms with van der Waals surface area (Å²) in [5, 5.41) is 3.66. The molecule has 0 saturated heterocycles. The molecule has 19 heavy (non-hydrogen) atoms. The molecule has 0 aliphatic heterocycles. The Morgan fingerprint density at radius 1 is 1.26 bits per heavy atom. The number of nitrogens with one attached hydrogen (secondary N) is 1. The fourth-order valence-electron chi connectivity index (χ4n) is 1.45. The minimum atomic E-state index is 0.0842. The summed E-state index contributed by atoms with van der Waals surface area (Å²) in [6, 6.07) is 7.43. The van der Waals surface area contributed by atoms with E-state index in [-0.39, 0.29) is 11.9 Å². The van der Waals surface area contributed by atoms with Crippen molar-refractivity contribution in [1.82, 2.24) is 5.32 Å². The van der Waals surface area contributed by atoms with Crippen LogP contribution >= 0.6 is 11.6 Å². The Bertz CT molecular complexity index is 390. The first kappa shape index (κ1) is 15.8. The van der Waals surface area contributed by atoms with E-state index in [9.17, 15) is 4.79 Å². The maximum atomic E-state index is 11.6. The number of hydrogen-bond donors (Lipinski definition) is 1. The molecule has 0 aliphatic rings. The average Bonchev–Trinajstić information content (AvgIpc) is 2.36. The zero-order chi connectivity index (χ0) is 14.3. The normalized spacial score (nSPS) is 12.3. The predicted molar refractivity (Wildman–Crippen MR) is 78.6 cm³/mol. The van der Waals surface area contributed by atoms with Gasteiger partial charge in [-0.25, -0.2) is 0 Å². The molecule has 0 aliphatic carbocycles. The smallest absolute Gasteiger partial charge is 0.220 e. The van der Waals surface area contributed by atoms with E-state index in [1.54, 1.807) is 12.1 Å². The Hall–Kier alpha value is -1.22. The van der Waals surface area contributed by atoms with Gasteiger partial charge in [0.15, 0.2) is 0 Å². The summed E-state index contributed by atoms with van der Waals surface area (Å²) in [4.78, 5) is 11.6. The van der Waals surface area contributed by atoms with Crippen molar-refractivity contribution >= 4 is 17.5 Å². The second-order valence-corrected chi connectivity index (χ2v) is 5.44. The molecule has 1 unspecified atom stereocenters. The van der Waals surface area contributed by atoms with Crippen molar-refractivity contribution in [1.29, 1.82) is 0 Å². The molecule has 1 N–H and O–H groups in total. The van der Waals surface area contributed by atoms with Crippen LogP contribution in [0.3, 0.4) is 0 Å². The summed E-state index contributed by atoms with van der Waals surface area (Å²) in [5.41, 5.74) is 0. The van der Waals surface area contributed by atoms with Crippen molar-refractivity contribution in [3.8, 4) is 5.75 Å². The van der Waals surface area contributed by atoms with Crippen LogP contribution in [0, 0.1) is 5.92 Å². The number of carbonyl (C=O) groups is 1. The standard InChI is InChI=1S/C15H22ClNO2/c1-11(2)12(3)17-15(18)5-4-10-19-14-8-6-13(16)7-9-14/h6-9,11-12H,4-5,10H2,1-3H3,(H,17,18). The van der Waals surface area contributed by atoms with Gasteiger partial charge < -0.3 is 10.1 Å². The van der Waals surface area contributed by atoms with Crippen molar-refractivity contribution in [3.63, 3.8) is 0 Å². The van der Waals surface area contributed by atoms with Crippen LogP contribution < -0.4 is 10.1 Å². The highest BCUT2D eigenvalue weighted by atomic mass is 35.5. The van der Waals surface area contributed by atoms with Crippen molar-refractivity contribution < 1.29 is 9.53 Å². The number of ether oxygens (including phenoxy) is 1. The summed E-state index contributed by atoms with van der Waals surface area (Å²) in [5.74, 6) is 1.32. The highest BCUT2D eigenvalue weighted by Gasteiger charge is 2.10. The minimum absolute atomic E-state index is 0.0842. The monoisotopic (exact) mass is 283 g/mol. The zero-order valence-corrected chi connectivity index (χ0v) is 12.5. The number of benzene rings is 1. The number of hydrogen-bond acceptors (Lipinski definition) is 2. The molecule has 0 aromatic heterocycles. The van der Waals surface area contributed by atoms with E-state index < -0.39 is 0 Å². The first-order valence-corrected chi connectivity index (χ1v) is 7.04. The lowest BCUT2D eigenvalue weighted by Crippen LogP contribution is -2.36. The molecule has 106 valence electrons. The van der Waals surface area contributed by atoms with Gasteiger partial charge in [0.05, 0.1) is 6.61 Å². The third-order valence-corrected chi connectivity index (χ3v) is 3.27. The maximum absolute atomic E-state index is 11.6. The second kappa shape index (κ2) is 8.05. The maximum Gasteiger partial charge on any atom is 0.220 e. The van der Waals surface area contributed by atoms with E-state index in [4.69, 9.17) is 16.3 Å². The number of halogens is 1. The van der Waals surface area contributed by atoms with Gasteiger partial charge in [-0.05, 0) is 43.5 Å². The number of carbonyl (C=O) groups excluding carboxylic acids is 1. The molecule has 0 saturated carbocycles. The van der Waals surface area contributed by atoms with Gasteiger partial charge in [-0.1, -0.05) is 25.4 Å². The molecule has 0 radical (unpaired) electrons. The Morgan fingerprint density at radius 2 is 1.89 bits per heavy atom. The highest BCUT2D eigenvalue weighted by molar-refractivity contribution is 6.30. The number of amides is 1. The van der Waals surface area contributed by atoms with Crippen LogP contribution in [0.1, 0.15) is 33.6 Å². The summed E-state index contributed by atoms with van der Waals surface area (Å²) < 4.78 is 5.53. The molecular formula is C15H22ClNO2. The van der Waals surface area contributed by atoms with Gasteiger partial charge in [-0.15, -0.1) is 0 Å². The summed E-state index contributed by atoms with van der Waals surface area (Å²) >= 11 is 5.78. The first-order valence-electron chi connectivity index (χ1n) is 6.66. The van der Waals surface area contributed by atoms with Gasteiger partial charge >= 0.3 is 0 Å². The molecule has 1 aromatic carbocycles. The first-order chi connectivity index (χ1) is 8.99. The molecular weight excluding hydrogens is 262 g/mol. The SMILES string of the molecule is CC(C)C(C)NC(=O)CCCOc1ccc(Cl)cc1. The quantitative estimate of drug-likeness (QED) is 0.776. The van der Waals surface area contributed by atoms with E-state index in [2.05, 4.69) is 19.2 Å². The average molecular weight is 284 g/mol. The Labute approximate surface area is 120 Å². The molecule has 0 heterocycles. The highest BCUT2D eigenvalue weighted by Crippen LogP contribution is 2.15. The molecule has 0 spiro atoms. The van der Waals surface area contributed by atoms with E-state index >= 15 is 0 Å². The molecule has 1 atom stereocenters. The summed E-state index contributed by atoms with van der Waals surface area (Å²) in [6.07, 6.45) is 1.20. The molecule has 3 nitrogen and oxygen atoms in total. The van der Waals surface area contributed by atoms with Gasteiger partial charge in [-0.2, -0.15) is 0 Å². The Morgan fingerprint density at radius 3 is 2.47 bits per heavy atom. The van der Waals surface area contributed by atoms with Gasteiger partial charge in [0.1, 0.15) is 5.75 Å². The van der Waals surface area contributed by atoms with Crippen LogP contribution in [0.2, 0.25) is 5.02 Å². The van der Waals surface area contributed by atoms with Crippen LogP contribution in [0.15, 0.2) is 24.3 Å². The zero-order valence-electron chi connectivity index (χ0n) is 11.8. The second-order valence-electron chi connectivity index (χ2n) is 5.01. The van der Waals surface area contributed by atoms with Crippen LogP contribution in [0.5, 0.6) is 5.75 Å². The van der Waals surface area contributed by atoms with Crippen LogP contribution in [0.4, 0.5) is 0 Å². The van der Waals surface area contributed by atoms with E-state index in [1.165, 1.54) is 0 Å². The van der Waals surface area contributed by atoms with E-state index in [1.807, 2.05) is 19.1 Å². The largest absolute Gasteiger partial charge is 0.494 e. The fraction of sp³-hybridized carbons (Fsp3) is 0.533. The lowest BCUT2D eigenvalue weighted by atomic mass is 10.1. The van der Waals surface area contributed by atoms with Gasteiger partial charge in [0.2, 0.25) is 5.91 Å². The molecule has 4 heteroatoms. The summed E-state index contributed by atoms with van der Waals surface area (Å²) in [6.45, 7) is 6.74. The molecule has 0 fully saturated rings. The predicted octanol–water partition coefficient (Wildman–Crippen LogP) is 3.66. The number of rotatable bonds is 7. The lowest BCUT2D eigenvalue weighted by molar-refractivity contribution is -0.122. The van der Waals surface area contributed by atoms with Gasteiger partial charge in [0.25, 0.3) is 0 Å². The van der Waals surface area contributed by atoms with E-state index in [0.29, 0.717) is 30.4 Å². The Balaban J connectivity index is 2.17. The lowest BCUT2D eigenvalue weighted by Gasteiger charge is -2.17. The third kappa shape index (κ3) is 6.48. The van der Waals surface area contributed by atoms with Crippen LogP contribution in [-0.2, 0) is 4.79 Å². The van der Waals surface area contributed by atoms with E-state index in [0.717, 1.165) is 5.75 Å². The topological polar surface area (TPSA) is 38.3 Å². The Kier molecular flexibility index (Phi) is 6.71. The fourth-order valence-corrected chi connectivity index (χ4v) is 1.57. The van der Waals surface area contributed by atoms with Gasteiger partial charge in [-0.3, -0.25) is 4.79 Å². The summed E-state index contributed by atoms with van der Waals surface area (Å²) in [7, 11) is 0. The molecule has 1 aromatic rings. The third-order valence-electron chi connectivity index (χ3n) is 3.02. The molecule has 0 bridgehead atoms. The molecule has 1 amide bonds. The van der Waals surface area contributed by atoms with Crippen molar-refractivity contribution in [3.05, 3.63) is 29.3 Å². The van der Waals surface area contributed by atoms with Crippen LogP contribution in [0.25, 0.3) is 0 Å². The van der Waals surface area contributed by atoms with Crippen molar-refractivity contribution in [2.75, 3.05) is 6.61 Å². The van der Waals surface area contributed by atoms with Crippen LogP contribution in [-0.4, -0.2) is 18.6 Å². The van der Waals surface area contributed by atoms with Crippen molar-refractivity contribution in [2.45, 2.75) is 39.7 Å². The minimum Gasteiger partial charge on any atom is -0.494 e. The van der Waals surface area contributed by atoms with Gasteiger partial charge in [0, 0.05) is 17.5 Å².